The predicted molar refractivity (Wildman–Crippen MR) is 104 cm³/mol. The standard InChI is InChI=1S/C18H24N4O3S/c1-4-10-21-17(7-9-19-21)20-18(23)14-5-6-16(15(12-14)22(24)25)26-11-8-13(2)3/h5-7,9,12-13H,4,8,10-11H2,1-3H3,(H,20,23). The van der Waals surface area contributed by atoms with Crippen LogP contribution in [0.5, 0.6) is 0 Å². The van der Waals surface area contributed by atoms with Gasteiger partial charge in [-0.2, -0.15) is 5.10 Å². The molecule has 7 nitrogen and oxygen atoms in total. The fourth-order valence-electron chi connectivity index (χ4n) is 2.35. The summed E-state index contributed by atoms with van der Waals surface area (Å²) in [6.07, 6.45) is 3.48. The Hall–Kier alpha value is -2.35. The summed E-state index contributed by atoms with van der Waals surface area (Å²) in [5, 5.41) is 18.3. The van der Waals surface area contributed by atoms with E-state index in [9.17, 15) is 14.9 Å². The minimum Gasteiger partial charge on any atom is -0.307 e. The van der Waals surface area contributed by atoms with Crippen LogP contribution in [0, 0.1) is 16.0 Å². The Labute approximate surface area is 157 Å². The molecule has 1 amide bonds. The minimum absolute atomic E-state index is 0.0338. The number of carbonyl (C=O) groups is 1. The average molecular weight is 376 g/mol. The van der Waals surface area contributed by atoms with Gasteiger partial charge in [-0.3, -0.25) is 14.9 Å². The topological polar surface area (TPSA) is 90.1 Å². The lowest BCUT2D eigenvalue weighted by atomic mass is 10.2. The van der Waals surface area contributed by atoms with E-state index < -0.39 is 4.92 Å². The summed E-state index contributed by atoms with van der Waals surface area (Å²) in [6.45, 7) is 6.94. The minimum atomic E-state index is -0.435. The maximum atomic E-state index is 12.5. The molecule has 0 fully saturated rings. The first kappa shape index (κ1) is 20.0. The van der Waals surface area contributed by atoms with E-state index in [1.165, 1.54) is 17.8 Å². The molecule has 0 aliphatic carbocycles. The second-order valence-electron chi connectivity index (χ2n) is 6.36. The number of nitro groups is 1. The van der Waals surface area contributed by atoms with E-state index in [4.69, 9.17) is 0 Å². The average Bonchev–Trinajstić information content (AvgIpc) is 3.01. The van der Waals surface area contributed by atoms with Crippen molar-refractivity contribution in [2.75, 3.05) is 11.1 Å². The van der Waals surface area contributed by atoms with Crippen LogP contribution >= 0.6 is 11.8 Å². The van der Waals surface area contributed by atoms with E-state index in [0.717, 1.165) is 18.6 Å². The molecule has 1 aromatic heterocycles. The largest absolute Gasteiger partial charge is 0.307 e. The molecule has 1 heterocycles. The molecule has 0 spiro atoms. The van der Waals surface area contributed by atoms with Crippen LogP contribution in [-0.2, 0) is 6.54 Å². The van der Waals surface area contributed by atoms with E-state index in [-0.39, 0.29) is 17.2 Å². The molecule has 8 heteroatoms. The highest BCUT2D eigenvalue weighted by atomic mass is 32.2. The highest BCUT2D eigenvalue weighted by molar-refractivity contribution is 7.99. The first-order valence-electron chi connectivity index (χ1n) is 8.66. The van der Waals surface area contributed by atoms with Gasteiger partial charge in [0, 0.05) is 24.2 Å². The Morgan fingerprint density at radius 1 is 1.38 bits per heavy atom. The van der Waals surface area contributed by atoms with Crippen molar-refractivity contribution in [1.29, 1.82) is 0 Å². The number of anilines is 1. The monoisotopic (exact) mass is 376 g/mol. The third-order valence-corrected chi connectivity index (χ3v) is 4.86. The Balaban J connectivity index is 2.15. The molecule has 2 rings (SSSR count). The SMILES string of the molecule is CCCn1nccc1NC(=O)c1ccc(SCCC(C)C)c([N+](=O)[O-])c1. The summed E-state index contributed by atoms with van der Waals surface area (Å²) in [7, 11) is 0. The van der Waals surface area contributed by atoms with Crippen molar-refractivity contribution < 1.29 is 9.72 Å². The van der Waals surface area contributed by atoms with E-state index in [0.29, 0.717) is 23.2 Å². The fraction of sp³-hybridized carbons (Fsp3) is 0.444. The van der Waals surface area contributed by atoms with Crippen molar-refractivity contribution in [3.8, 4) is 0 Å². The molecule has 0 aliphatic rings. The second-order valence-corrected chi connectivity index (χ2v) is 7.50. The molecule has 0 atom stereocenters. The van der Waals surface area contributed by atoms with Gasteiger partial charge in [0.1, 0.15) is 5.82 Å². The number of aryl methyl sites for hydroxylation is 1. The molecule has 1 aromatic carbocycles. The van der Waals surface area contributed by atoms with Gasteiger partial charge >= 0.3 is 0 Å². The molecule has 26 heavy (non-hydrogen) atoms. The Bertz CT molecular complexity index is 774. The van der Waals surface area contributed by atoms with Crippen molar-refractivity contribution in [3.05, 3.63) is 46.1 Å². The molecule has 1 N–H and O–H groups in total. The zero-order valence-corrected chi connectivity index (χ0v) is 16.1. The molecule has 0 saturated carbocycles. The van der Waals surface area contributed by atoms with Gasteiger partial charge in [-0.05, 0) is 36.6 Å². The lowest BCUT2D eigenvalue weighted by Gasteiger charge is -2.09. The summed E-state index contributed by atoms with van der Waals surface area (Å²) in [5.74, 6) is 1.54. The van der Waals surface area contributed by atoms with Gasteiger partial charge in [-0.15, -0.1) is 11.8 Å². The molecular formula is C18H24N4O3S. The number of nitrogens with one attached hydrogen (secondary N) is 1. The number of amides is 1. The summed E-state index contributed by atoms with van der Waals surface area (Å²) in [4.78, 5) is 24.0. The number of benzene rings is 1. The van der Waals surface area contributed by atoms with Gasteiger partial charge in [-0.1, -0.05) is 20.8 Å². The van der Waals surface area contributed by atoms with Gasteiger partial charge in [0.15, 0.2) is 0 Å². The number of carbonyl (C=O) groups excluding carboxylic acids is 1. The van der Waals surface area contributed by atoms with E-state index in [2.05, 4.69) is 24.3 Å². The van der Waals surface area contributed by atoms with Crippen LogP contribution in [0.3, 0.4) is 0 Å². The maximum Gasteiger partial charge on any atom is 0.283 e. The van der Waals surface area contributed by atoms with E-state index in [1.54, 1.807) is 29.1 Å². The highest BCUT2D eigenvalue weighted by Crippen LogP contribution is 2.31. The second kappa shape index (κ2) is 9.38. The van der Waals surface area contributed by atoms with Crippen molar-refractivity contribution in [1.82, 2.24) is 9.78 Å². The van der Waals surface area contributed by atoms with Gasteiger partial charge < -0.3 is 5.32 Å². The van der Waals surface area contributed by atoms with Crippen LogP contribution in [0.1, 0.15) is 44.0 Å². The fourth-order valence-corrected chi connectivity index (χ4v) is 3.60. The summed E-state index contributed by atoms with van der Waals surface area (Å²) in [5.41, 5.74) is 0.225. The maximum absolute atomic E-state index is 12.5. The van der Waals surface area contributed by atoms with Gasteiger partial charge in [0.25, 0.3) is 11.6 Å². The lowest BCUT2D eigenvalue weighted by Crippen LogP contribution is -2.16. The number of thioether (sulfide) groups is 1. The molecule has 2 aromatic rings. The molecule has 0 bridgehead atoms. The van der Waals surface area contributed by atoms with Crippen LogP contribution in [0.25, 0.3) is 0 Å². The first-order chi connectivity index (χ1) is 12.4. The molecule has 0 unspecified atom stereocenters. The third kappa shape index (κ3) is 5.32. The number of hydrogen-bond donors (Lipinski definition) is 1. The number of nitrogens with zero attached hydrogens (tertiary/aromatic N) is 3. The molecular weight excluding hydrogens is 352 g/mol. The first-order valence-corrected chi connectivity index (χ1v) is 9.65. The van der Waals surface area contributed by atoms with Gasteiger partial charge in [-0.25, -0.2) is 4.68 Å². The predicted octanol–water partition coefficient (Wildman–Crippen LogP) is 4.59. The third-order valence-electron chi connectivity index (χ3n) is 3.76. The summed E-state index contributed by atoms with van der Waals surface area (Å²) in [6, 6.07) is 6.33. The number of aromatic nitrogens is 2. The van der Waals surface area contributed by atoms with Crippen LogP contribution in [0.2, 0.25) is 0 Å². The summed E-state index contributed by atoms with van der Waals surface area (Å²) < 4.78 is 1.70. The number of nitro benzene ring substituents is 1. The van der Waals surface area contributed by atoms with Crippen LogP contribution in [0.15, 0.2) is 35.4 Å². The molecule has 0 saturated heterocycles. The van der Waals surface area contributed by atoms with Crippen molar-refractivity contribution in [3.63, 3.8) is 0 Å². The summed E-state index contributed by atoms with van der Waals surface area (Å²) >= 11 is 1.45. The van der Waals surface area contributed by atoms with Gasteiger partial charge in [0.2, 0.25) is 0 Å². The van der Waals surface area contributed by atoms with Gasteiger partial charge in [0.05, 0.1) is 16.0 Å². The molecule has 0 aliphatic heterocycles. The van der Waals surface area contributed by atoms with E-state index in [1.807, 2.05) is 6.92 Å². The molecule has 140 valence electrons. The number of hydrogen-bond acceptors (Lipinski definition) is 5. The Kier molecular flexibility index (Phi) is 7.20. The van der Waals surface area contributed by atoms with Crippen LogP contribution in [0.4, 0.5) is 11.5 Å². The van der Waals surface area contributed by atoms with Crippen molar-refractivity contribution >= 4 is 29.2 Å². The smallest absolute Gasteiger partial charge is 0.283 e. The normalized spacial score (nSPS) is 10.9. The van der Waals surface area contributed by atoms with Crippen molar-refractivity contribution in [2.45, 2.75) is 45.1 Å². The molecule has 0 radical (unpaired) electrons. The number of rotatable bonds is 9. The van der Waals surface area contributed by atoms with Crippen LogP contribution in [-0.4, -0.2) is 26.4 Å². The quantitative estimate of drug-likeness (QED) is 0.393. The zero-order valence-electron chi connectivity index (χ0n) is 15.3. The van der Waals surface area contributed by atoms with E-state index >= 15 is 0 Å². The van der Waals surface area contributed by atoms with Crippen LogP contribution < -0.4 is 5.32 Å². The zero-order chi connectivity index (χ0) is 19.1. The lowest BCUT2D eigenvalue weighted by molar-refractivity contribution is -0.387. The highest BCUT2D eigenvalue weighted by Gasteiger charge is 2.19. The Morgan fingerprint density at radius 2 is 2.15 bits per heavy atom. The van der Waals surface area contributed by atoms with Crippen molar-refractivity contribution in [2.24, 2.45) is 5.92 Å². The Morgan fingerprint density at radius 3 is 2.81 bits per heavy atom.